The zero-order valence-electron chi connectivity index (χ0n) is 10.9. The Hall–Kier alpha value is -1.08. The van der Waals surface area contributed by atoms with Crippen LogP contribution in [0, 0.1) is 0 Å². The number of alkyl halides is 3. The minimum atomic E-state index is -4.38. The Labute approximate surface area is 111 Å². The number of rotatable bonds is 4. The van der Waals surface area contributed by atoms with Crippen LogP contribution >= 0.6 is 0 Å². The van der Waals surface area contributed by atoms with E-state index >= 15 is 0 Å². The molecule has 0 heterocycles. The molecular weight excluding hydrogens is 279 g/mol. The molecule has 0 aromatic heterocycles. The molecule has 7 heteroatoms. The van der Waals surface area contributed by atoms with Crippen LogP contribution in [0.3, 0.4) is 0 Å². The summed E-state index contributed by atoms with van der Waals surface area (Å²) in [6.07, 6.45) is -4.38. The van der Waals surface area contributed by atoms with Crippen LogP contribution in [0.4, 0.5) is 13.2 Å². The normalized spacial score (nSPS) is 13.3. The summed E-state index contributed by atoms with van der Waals surface area (Å²) in [5.74, 6) is 0. The Morgan fingerprint density at radius 3 is 2.00 bits per heavy atom. The van der Waals surface area contributed by atoms with Crippen LogP contribution in [0.2, 0.25) is 0 Å². The maximum atomic E-state index is 12.4. The summed E-state index contributed by atoms with van der Waals surface area (Å²) in [5, 5.41) is -0.563. The SMILES string of the molecule is CC(C)S(=O)(=O)N(C)Cc1ccc(C(F)(F)F)cc1. The highest BCUT2D eigenvalue weighted by molar-refractivity contribution is 7.89. The molecule has 0 aliphatic rings. The second kappa shape index (κ2) is 5.50. The average Bonchev–Trinajstić information content (AvgIpc) is 2.28. The lowest BCUT2D eigenvalue weighted by molar-refractivity contribution is -0.137. The van der Waals surface area contributed by atoms with Gasteiger partial charge in [-0.2, -0.15) is 13.2 Å². The van der Waals surface area contributed by atoms with Gasteiger partial charge in [-0.3, -0.25) is 0 Å². The van der Waals surface area contributed by atoms with Crippen molar-refractivity contribution in [3.63, 3.8) is 0 Å². The minimum Gasteiger partial charge on any atom is -0.212 e. The molecule has 0 bridgehead atoms. The van der Waals surface area contributed by atoms with E-state index in [1.807, 2.05) is 0 Å². The van der Waals surface area contributed by atoms with Gasteiger partial charge < -0.3 is 0 Å². The largest absolute Gasteiger partial charge is 0.416 e. The van der Waals surface area contributed by atoms with Crippen LogP contribution < -0.4 is 0 Å². The van der Waals surface area contributed by atoms with Gasteiger partial charge in [0.25, 0.3) is 0 Å². The van der Waals surface area contributed by atoms with E-state index in [9.17, 15) is 21.6 Å². The highest BCUT2D eigenvalue weighted by Crippen LogP contribution is 2.29. The van der Waals surface area contributed by atoms with Crippen molar-refractivity contribution in [2.24, 2.45) is 0 Å². The van der Waals surface area contributed by atoms with Gasteiger partial charge in [0.15, 0.2) is 0 Å². The predicted octanol–water partition coefficient (Wildman–Crippen LogP) is 2.88. The van der Waals surface area contributed by atoms with Gasteiger partial charge in [0.2, 0.25) is 10.0 Å². The van der Waals surface area contributed by atoms with Crippen LogP contribution in [0.5, 0.6) is 0 Å². The number of nitrogens with zero attached hydrogens (tertiary/aromatic N) is 1. The summed E-state index contributed by atoms with van der Waals surface area (Å²) >= 11 is 0. The van der Waals surface area contributed by atoms with Crippen molar-refractivity contribution in [2.75, 3.05) is 7.05 Å². The molecule has 1 aromatic rings. The van der Waals surface area contributed by atoms with Crippen LogP contribution in [0.1, 0.15) is 25.0 Å². The number of hydrogen-bond acceptors (Lipinski definition) is 2. The van der Waals surface area contributed by atoms with Crippen LogP contribution in [-0.4, -0.2) is 25.0 Å². The fourth-order valence-corrected chi connectivity index (χ4v) is 2.55. The van der Waals surface area contributed by atoms with E-state index in [2.05, 4.69) is 0 Å². The van der Waals surface area contributed by atoms with Crippen molar-refractivity contribution in [2.45, 2.75) is 31.8 Å². The first-order chi connectivity index (χ1) is 8.55. The van der Waals surface area contributed by atoms with E-state index < -0.39 is 27.0 Å². The molecule has 108 valence electrons. The van der Waals surface area contributed by atoms with E-state index in [0.717, 1.165) is 16.4 Å². The fraction of sp³-hybridized carbons (Fsp3) is 0.500. The number of sulfonamides is 1. The zero-order chi connectivity index (χ0) is 14.8. The lowest BCUT2D eigenvalue weighted by Gasteiger charge is -2.19. The Kier molecular flexibility index (Phi) is 4.63. The zero-order valence-corrected chi connectivity index (χ0v) is 11.7. The van der Waals surface area contributed by atoms with Crippen LogP contribution in [0.15, 0.2) is 24.3 Å². The second-order valence-electron chi connectivity index (χ2n) is 4.54. The standard InChI is InChI=1S/C12H16F3NO2S/c1-9(2)19(17,18)16(3)8-10-4-6-11(7-5-10)12(13,14)15/h4-7,9H,8H2,1-3H3. The molecule has 0 spiro atoms. The molecule has 0 atom stereocenters. The molecule has 0 N–H and O–H groups in total. The topological polar surface area (TPSA) is 37.4 Å². The number of halogens is 3. The first-order valence-corrected chi connectivity index (χ1v) is 7.16. The summed E-state index contributed by atoms with van der Waals surface area (Å²) in [4.78, 5) is 0. The third-order valence-electron chi connectivity index (χ3n) is 2.72. The van der Waals surface area contributed by atoms with Gasteiger partial charge in [-0.15, -0.1) is 0 Å². The van der Waals surface area contributed by atoms with Crippen molar-refractivity contribution >= 4 is 10.0 Å². The highest BCUT2D eigenvalue weighted by atomic mass is 32.2. The van der Waals surface area contributed by atoms with Crippen molar-refractivity contribution in [3.05, 3.63) is 35.4 Å². The maximum Gasteiger partial charge on any atom is 0.416 e. The minimum absolute atomic E-state index is 0.0542. The molecule has 0 fully saturated rings. The third kappa shape index (κ3) is 3.94. The quantitative estimate of drug-likeness (QED) is 0.856. The molecule has 0 saturated carbocycles. The molecule has 19 heavy (non-hydrogen) atoms. The Bertz CT molecular complexity index is 521. The summed E-state index contributed by atoms with van der Waals surface area (Å²) in [6.45, 7) is 3.16. The van der Waals surface area contributed by atoms with E-state index in [0.29, 0.717) is 5.56 Å². The second-order valence-corrected chi connectivity index (χ2v) is 7.14. The molecule has 0 radical (unpaired) electrons. The molecule has 3 nitrogen and oxygen atoms in total. The molecule has 0 amide bonds. The van der Waals surface area contributed by atoms with Gasteiger partial charge in [-0.1, -0.05) is 12.1 Å². The van der Waals surface area contributed by atoms with Crippen molar-refractivity contribution < 1.29 is 21.6 Å². The van der Waals surface area contributed by atoms with Crippen LogP contribution in [0.25, 0.3) is 0 Å². The van der Waals surface area contributed by atoms with Gasteiger partial charge in [0, 0.05) is 13.6 Å². The summed E-state index contributed by atoms with van der Waals surface area (Å²) in [6, 6.07) is 4.47. The summed E-state index contributed by atoms with van der Waals surface area (Å²) in [5.41, 5.74) is -0.231. The molecule has 0 saturated heterocycles. The lowest BCUT2D eigenvalue weighted by atomic mass is 10.1. The number of benzene rings is 1. The highest BCUT2D eigenvalue weighted by Gasteiger charge is 2.30. The smallest absolute Gasteiger partial charge is 0.212 e. The third-order valence-corrected chi connectivity index (χ3v) is 4.91. The Balaban J connectivity index is 2.85. The molecule has 1 aromatic carbocycles. The van der Waals surface area contributed by atoms with Crippen molar-refractivity contribution in [1.29, 1.82) is 0 Å². The average molecular weight is 295 g/mol. The summed E-state index contributed by atoms with van der Waals surface area (Å²) in [7, 11) is -1.99. The van der Waals surface area contributed by atoms with Gasteiger partial charge in [0.05, 0.1) is 10.8 Å². The predicted molar refractivity (Wildman–Crippen MR) is 67.0 cm³/mol. The molecule has 1 rings (SSSR count). The first kappa shape index (κ1) is 16.0. The van der Waals surface area contributed by atoms with Crippen molar-refractivity contribution in [1.82, 2.24) is 4.31 Å². The van der Waals surface area contributed by atoms with E-state index in [1.54, 1.807) is 13.8 Å². The fourth-order valence-electron chi connectivity index (χ4n) is 1.51. The Morgan fingerprint density at radius 2 is 1.63 bits per heavy atom. The lowest BCUT2D eigenvalue weighted by Crippen LogP contribution is -2.32. The van der Waals surface area contributed by atoms with Crippen molar-refractivity contribution in [3.8, 4) is 0 Å². The van der Waals surface area contributed by atoms with E-state index in [4.69, 9.17) is 0 Å². The van der Waals surface area contributed by atoms with Gasteiger partial charge >= 0.3 is 6.18 Å². The Morgan fingerprint density at radius 1 is 1.16 bits per heavy atom. The first-order valence-electron chi connectivity index (χ1n) is 5.66. The van der Waals surface area contributed by atoms with E-state index in [1.165, 1.54) is 19.2 Å². The van der Waals surface area contributed by atoms with Crippen LogP contribution in [-0.2, 0) is 22.7 Å². The van der Waals surface area contributed by atoms with Gasteiger partial charge in [-0.25, -0.2) is 12.7 Å². The summed E-state index contributed by atoms with van der Waals surface area (Å²) < 4.78 is 61.9. The molecule has 0 aliphatic carbocycles. The van der Waals surface area contributed by atoms with Gasteiger partial charge in [0.1, 0.15) is 0 Å². The molecule has 0 aliphatic heterocycles. The maximum absolute atomic E-state index is 12.4. The molecular formula is C12H16F3NO2S. The van der Waals surface area contributed by atoms with Gasteiger partial charge in [-0.05, 0) is 31.5 Å². The molecule has 0 unspecified atom stereocenters. The monoisotopic (exact) mass is 295 g/mol. The van der Waals surface area contributed by atoms with E-state index in [-0.39, 0.29) is 6.54 Å². The number of hydrogen-bond donors (Lipinski definition) is 0.